The molecule has 2 aromatic carbocycles. The van der Waals surface area contributed by atoms with Crippen LogP contribution in [0.25, 0.3) is 0 Å². The van der Waals surface area contributed by atoms with Crippen molar-refractivity contribution in [2.45, 2.75) is 19.9 Å². The van der Waals surface area contributed by atoms with Crippen molar-refractivity contribution in [1.82, 2.24) is 0 Å². The zero-order chi connectivity index (χ0) is 15.4. The molecule has 3 nitrogen and oxygen atoms in total. The largest absolute Gasteiger partial charge is 0.378 e. The molecule has 0 fully saturated rings. The lowest BCUT2D eigenvalue weighted by atomic mass is 9.95. The number of nitrogens with one attached hydrogen (secondary N) is 1. The van der Waals surface area contributed by atoms with Crippen LogP contribution in [0, 0.1) is 11.7 Å². The van der Waals surface area contributed by atoms with Crippen molar-refractivity contribution in [2.24, 2.45) is 11.7 Å². The van der Waals surface area contributed by atoms with Crippen molar-refractivity contribution in [3.8, 4) is 0 Å². The maximum Gasteiger partial charge on any atom is 0.251 e. The summed E-state index contributed by atoms with van der Waals surface area (Å²) in [6, 6.07) is 14.4. The number of carbonyl (C=O) groups excluding carboxylic acids is 1. The lowest BCUT2D eigenvalue weighted by Crippen LogP contribution is -2.18. The van der Waals surface area contributed by atoms with Crippen LogP contribution in [0.2, 0.25) is 0 Å². The maximum absolute atomic E-state index is 13.5. The highest BCUT2D eigenvalue weighted by molar-refractivity contribution is 5.94. The summed E-state index contributed by atoms with van der Waals surface area (Å²) in [5.74, 6) is -1.04. The van der Waals surface area contributed by atoms with Crippen LogP contribution in [0.5, 0.6) is 0 Å². The third kappa shape index (κ3) is 3.60. The van der Waals surface area contributed by atoms with E-state index in [1.54, 1.807) is 6.07 Å². The quantitative estimate of drug-likeness (QED) is 0.879. The van der Waals surface area contributed by atoms with Gasteiger partial charge in [-0.2, -0.15) is 0 Å². The Balaban J connectivity index is 2.30. The van der Waals surface area contributed by atoms with E-state index in [9.17, 15) is 9.18 Å². The van der Waals surface area contributed by atoms with Crippen molar-refractivity contribution in [3.63, 3.8) is 0 Å². The van der Waals surface area contributed by atoms with Gasteiger partial charge in [0.15, 0.2) is 0 Å². The van der Waals surface area contributed by atoms with E-state index in [4.69, 9.17) is 5.73 Å². The van der Waals surface area contributed by atoms with Crippen molar-refractivity contribution in [3.05, 3.63) is 65.5 Å². The Morgan fingerprint density at radius 3 is 2.38 bits per heavy atom. The third-order valence-corrected chi connectivity index (χ3v) is 3.38. The van der Waals surface area contributed by atoms with Crippen molar-refractivity contribution in [2.75, 3.05) is 5.32 Å². The Bertz CT molecular complexity index is 626. The number of anilines is 1. The Labute approximate surface area is 124 Å². The molecule has 1 atom stereocenters. The van der Waals surface area contributed by atoms with Gasteiger partial charge >= 0.3 is 0 Å². The molecule has 21 heavy (non-hydrogen) atoms. The molecular weight excluding hydrogens is 267 g/mol. The molecular formula is C17H19FN2O. The fourth-order valence-electron chi connectivity index (χ4n) is 2.28. The van der Waals surface area contributed by atoms with E-state index in [0.29, 0.717) is 11.6 Å². The summed E-state index contributed by atoms with van der Waals surface area (Å²) in [4.78, 5) is 11.2. The van der Waals surface area contributed by atoms with Gasteiger partial charge in [-0.25, -0.2) is 4.39 Å². The molecule has 0 spiro atoms. The topological polar surface area (TPSA) is 55.1 Å². The molecule has 0 aromatic heterocycles. The lowest BCUT2D eigenvalue weighted by Gasteiger charge is -2.24. The first-order chi connectivity index (χ1) is 9.99. The number of nitrogens with two attached hydrogens (primary N) is 1. The molecule has 0 aliphatic carbocycles. The minimum absolute atomic E-state index is 0.0670. The zero-order valence-corrected chi connectivity index (χ0v) is 12.1. The van der Waals surface area contributed by atoms with Crippen LogP contribution in [-0.2, 0) is 0 Å². The Kier molecular flexibility index (Phi) is 4.58. The van der Waals surface area contributed by atoms with Crippen molar-refractivity contribution < 1.29 is 9.18 Å². The third-order valence-electron chi connectivity index (χ3n) is 3.38. The van der Waals surface area contributed by atoms with Gasteiger partial charge in [-0.1, -0.05) is 44.2 Å². The Morgan fingerprint density at radius 2 is 1.81 bits per heavy atom. The van der Waals surface area contributed by atoms with E-state index < -0.39 is 11.7 Å². The lowest BCUT2D eigenvalue weighted by molar-refractivity contribution is 0.0996. The number of benzene rings is 2. The molecule has 1 unspecified atom stereocenters. The number of halogens is 1. The molecule has 0 aliphatic rings. The van der Waals surface area contributed by atoms with Crippen molar-refractivity contribution in [1.29, 1.82) is 0 Å². The summed E-state index contributed by atoms with van der Waals surface area (Å²) < 4.78 is 13.5. The number of primary amides is 1. The second-order valence-electron chi connectivity index (χ2n) is 5.34. The van der Waals surface area contributed by atoms with Gasteiger partial charge in [-0.15, -0.1) is 0 Å². The van der Waals surface area contributed by atoms with E-state index in [0.717, 1.165) is 5.56 Å². The van der Waals surface area contributed by atoms with Gasteiger partial charge in [0.05, 0.1) is 11.6 Å². The predicted molar refractivity (Wildman–Crippen MR) is 82.6 cm³/mol. The highest BCUT2D eigenvalue weighted by atomic mass is 19.1. The summed E-state index contributed by atoms with van der Waals surface area (Å²) in [5, 5.41) is 3.34. The van der Waals surface area contributed by atoms with E-state index in [-0.39, 0.29) is 11.6 Å². The SMILES string of the molecule is CC(C)C(Nc1ccc(F)c(C(N)=O)c1)c1ccccc1. The van der Waals surface area contributed by atoms with Gasteiger partial charge in [-0.05, 0) is 29.7 Å². The fourth-order valence-corrected chi connectivity index (χ4v) is 2.28. The number of hydrogen-bond acceptors (Lipinski definition) is 2. The van der Waals surface area contributed by atoms with Crippen LogP contribution in [0.15, 0.2) is 48.5 Å². The monoisotopic (exact) mass is 286 g/mol. The van der Waals surface area contributed by atoms with Crippen LogP contribution in [0.4, 0.5) is 10.1 Å². The van der Waals surface area contributed by atoms with E-state index in [1.165, 1.54) is 12.1 Å². The summed E-state index contributed by atoms with van der Waals surface area (Å²) in [5.41, 5.74) is 6.89. The van der Waals surface area contributed by atoms with Gasteiger partial charge in [0.2, 0.25) is 0 Å². The summed E-state index contributed by atoms with van der Waals surface area (Å²) >= 11 is 0. The van der Waals surface area contributed by atoms with Crippen LogP contribution < -0.4 is 11.1 Å². The first kappa shape index (κ1) is 15.0. The molecule has 0 aliphatic heterocycles. The molecule has 3 N–H and O–H groups in total. The summed E-state index contributed by atoms with van der Waals surface area (Å²) in [7, 11) is 0. The van der Waals surface area contributed by atoms with Gasteiger partial charge in [0.25, 0.3) is 5.91 Å². The average Bonchev–Trinajstić information content (AvgIpc) is 2.46. The standard InChI is InChI=1S/C17H19FN2O/c1-11(2)16(12-6-4-3-5-7-12)20-13-8-9-15(18)14(10-13)17(19)21/h3-11,16,20H,1-2H3,(H2,19,21). The molecule has 0 saturated heterocycles. The Morgan fingerprint density at radius 1 is 1.14 bits per heavy atom. The second-order valence-corrected chi connectivity index (χ2v) is 5.34. The van der Waals surface area contributed by atoms with E-state index in [2.05, 4.69) is 19.2 Å². The predicted octanol–water partition coefficient (Wildman–Crippen LogP) is 3.73. The highest BCUT2D eigenvalue weighted by Crippen LogP contribution is 2.27. The minimum Gasteiger partial charge on any atom is -0.378 e. The zero-order valence-electron chi connectivity index (χ0n) is 12.1. The normalized spacial score (nSPS) is 12.2. The summed E-state index contributed by atoms with van der Waals surface area (Å²) in [6.07, 6.45) is 0. The number of carbonyl (C=O) groups is 1. The fraction of sp³-hybridized carbons (Fsp3) is 0.235. The molecule has 2 aromatic rings. The van der Waals surface area contributed by atoms with Crippen molar-refractivity contribution >= 4 is 11.6 Å². The second kappa shape index (κ2) is 6.39. The number of hydrogen-bond donors (Lipinski definition) is 2. The number of rotatable bonds is 5. The first-order valence-corrected chi connectivity index (χ1v) is 6.90. The molecule has 0 saturated carbocycles. The van der Waals surface area contributed by atoms with Crippen LogP contribution in [0.1, 0.15) is 35.8 Å². The molecule has 0 heterocycles. The smallest absolute Gasteiger partial charge is 0.251 e. The van der Waals surface area contributed by atoms with Gasteiger partial charge in [0.1, 0.15) is 5.82 Å². The van der Waals surface area contributed by atoms with Crippen LogP contribution >= 0.6 is 0 Å². The van der Waals surface area contributed by atoms with E-state index >= 15 is 0 Å². The first-order valence-electron chi connectivity index (χ1n) is 6.90. The van der Waals surface area contributed by atoms with Gasteiger partial charge in [-0.3, -0.25) is 4.79 Å². The summed E-state index contributed by atoms with van der Waals surface area (Å²) in [6.45, 7) is 4.20. The number of amides is 1. The van der Waals surface area contributed by atoms with Gasteiger partial charge < -0.3 is 11.1 Å². The molecule has 0 bridgehead atoms. The van der Waals surface area contributed by atoms with Crippen LogP contribution in [-0.4, -0.2) is 5.91 Å². The molecule has 110 valence electrons. The Hall–Kier alpha value is -2.36. The van der Waals surface area contributed by atoms with Gasteiger partial charge in [0, 0.05) is 5.69 Å². The molecule has 0 radical (unpaired) electrons. The highest BCUT2D eigenvalue weighted by Gasteiger charge is 2.16. The molecule has 1 amide bonds. The molecule has 4 heteroatoms. The average molecular weight is 286 g/mol. The molecule has 2 rings (SSSR count). The maximum atomic E-state index is 13.5. The van der Waals surface area contributed by atoms with Crippen LogP contribution in [0.3, 0.4) is 0 Å². The van der Waals surface area contributed by atoms with E-state index in [1.807, 2.05) is 30.3 Å². The minimum atomic E-state index is -0.767.